The Morgan fingerprint density at radius 1 is 1.26 bits per heavy atom. The normalized spacial score (nSPS) is 11.5. The number of nitrogens with zero attached hydrogens (tertiary/aromatic N) is 1. The molecule has 0 spiro atoms. The maximum Gasteiger partial charge on any atom is 0.309 e. The molecule has 0 saturated carbocycles. The highest BCUT2D eigenvalue weighted by Crippen LogP contribution is 2.26. The lowest BCUT2D eigenvalue weighted by molar-refractivity contribution is -0.136. The molecule has 4 heteroatoms. The first kappa shape index (κ1) is 13.3. The van der Waals surface area contributed by atoms with E-state index < -0.39 is 5.97 Å². The van der Waals surface area contributed by atoms with Crippen molar-refractivity contribution in [3.05, 3.63) is 41.9 Å². The predicted molar refractivity (Wildman–Crippen MR) is 74.1 cm³/mol. The zero-order chi connectivity index (χ0) is 14.0. The van der Waals surface area contributed by atoms with Crippen LogP contribution in [0.25, 0.3) is 11.3 Å². The van der Waals surface area contributed by atoms with E-state index in [1.807, 2.05) is 12.1 Å². The molecule has 0 fully saturated rings. The molecule has 19 heavy (non-hydrogen) atoms. The van der Waals surface area contributed by atoms with Crippen molar-refractivity contribution in [1.82, 2.24) is 9.97 Å². The highest BCUT2D eigenvalue weighted by molar-refractivity contribution is 5.74. The second-order valence-electron chi connectivity index (χ2n) is 5.63. The third-order valence-corrected chi connectivity index (χ3v) is 3.07. The Hall–Kier alpha value is -2.10. The second kappa shape index (κ2) is 4.88. The molecular weight excluding hydrogens is 240 g/mol. The standard InChI is InChI=1S/C15H18N2O2/c1-15(2,3)11-6-4-10(5-7-11)14-12(8-13(18)19)16-9-17-14/h4-7,9H,8H2,1-3H3,(H,16,17)(H,18,19). The molecule has 0 bridgehead atoms. The van der Waals surface area contributed by atoms with Gasteiger partial charge in [0.05, 0.1) is 24.1 Å². The minimum absolute atomic E-state index is 0.0453. The smallest absolute Gasteiger partial charge is 0.309 e. The Labute approximate surface area is 112 Å². The van der Waals surface area contributed by atoms with E-state index in [0.29, 0.717) is 11.4 Å². The number of hydrogen-bond donors (Lipinski definition) is 2. The van der Waals surface area contributed by atoms with Gasteiger partial charge >= 0.3 is 5.97 Å². The monoisotopic (exact) mass is 258 g/mol. The molecule has 0 unspecified atom stereocenters. The molecule has 0 saturated heterocycles. The van der Waals surface area contributed by atoms with E-state index in [4.69, 9.17) is 5.11 Å². The third kappa shape index (κ3) is 3.02. The zero-order valence-corrected chi connectivity index (χ0v) is 11.4. The molecule has 0 atom stereocenters. The number of aliphatic carboxylic acids is 1. The van der Waals surface area contributed by atoms with Gasteiger partial charge in [-0.1, -0.05) is 45.0 Å². The van der Waals surface area contributed by atoms with Crippen molar-refractivity contribution >= 4 is 5.97 Å². The van der Waals surface area contributed by atoms with E-state index in [-0.39, 0.29) is 11.8 Å². The van der Waals surface area contributed by atoms with Gasteiger partial charge in [-0.15, -0.1) is 0 Å². The van der Waals surface area contributed by atoms with Gasteiger partial charge in [-0.05, 0) is 11.0 Å². The number of carbonyl (C=O) groups is 1. The summed E-state index contributed by atoms with van der Waals surface area (Å²) in [6.07, 6.45) is 1.49. The first-order chi connectivity index (χ1) is 8.88. The molecule has 100 valence electrons. The lowest BCUT2D eigenvalue weighted by Gasteiger charge is -2.19. The van der Waals surface area contributed by atoms with Gasteiger partial charge < -0.3 is 10.1 Å². The van der Waals surface area contributed by atoms with E-state index >= 15 is 0 Å². The first-order valence-electron chi connectivity index (χ1n) is 6.23. The fraction of sp³-hybridized carbons (Fsp3) is 0.333. The molecule has 1 aromatic carbocycles. The van der Waals surface area contributed by atoms with Crippen LogP contribution in [0.5, 0.6) is 0 Å². The Bertz CT molecular complexity index is 577. The van der Waals surface area contributed by atoms with E-state index in [9.17, 15) is 4.79 Å². The van der Waals surface area contributed by atoms with E-state index in [2.05, 4.69) is 42.9 Å². The van der Waals surface area contributed by atoms with Crippen molar-refractivity contribution in [2.75, 3.05) is 0 Å². The molecule has 0 aliphatic heterocycles. The van der Waals surface area contributed by atoms with Crippen LogP contribution in [0, 0.1) is 0 Å². The predicted octanol–water partition coefficient (Wildman–Crippen LogP) is 3.00. The van der Waals surface area contributed by atoms with Crippen LogP contribution < -0.4 is 0 Å². The average Bonchev–Trinajstić information content (AvgIpc) is 2.75. The molecule has 1 heterocycles. The Morgan fingerprint density at radius 3 is 2.42 bits per heavy atom. The second-order valence-corrected chi connectivity index (χ2v) is 5.63. The van der Waals surface area contributed by atoms with Crippen molar-refractivity contribution in [3.63, 3.8) is 0 Å². The maximum atomic E-state index is 10.8. The number of H-pyrrole nitrogens is 1. The van der Waals surface area contributed by atoms with Crippen molar-refractivity contribution in [2.24, 2.45) is 0 Å². The number of benzene rings is 1. The Kier molecular flexibility index (Phi) is 3.42. The minimum atomic E-state index is -0.864. The fourth-order valence-corrected chi connectivity index (χ4v) is 1.98. The molecular formula is C15H18N2O2. The number of carboxylic acids is 1. The number of aromatic nitrogens is 2. The summed E-state index contributed by atoms with van der Waals surface area (Å²) >= 11 is 0. The van der Waals surface area contributed by atoms with Crippen molar-refractivity contribution in [1.29, 1.82) is 0 Å². The van der Waals surface area contributed by atoms with E-state index in [1.165, 1.54) is 11.9 Å². The summed E-state index contributed by atoms with van der Waals surface area (Å²) in [7, 11) is 0. The molecule has 2 rings (SSSR count). The average molecular weight is 258 g/mol. The van der Waals surface area contributed by atoms with Crippen LogP contribution in [0.1, 0.15) is 32.0 Å². The number of hydrogen-bond acceptors (Lipinski definition) is 2. The van der Waals surface area contributed by atoms with E-state index in [1.54, 1.807) is 0 Å². The maximum absolute atomic E-state index is 10.8. The lowest BCUT2D eigenvalue weighted by Crippen LogP contribution is -2.10. The minimum Gasteiger partial charge on any atom is -0.481 e. The van der Waals surface area contributed by atoms with Crippen LogP contribution in [-0.4, -0.2) is 21.0 Å². The zero-order valence-electron chi connectivity index (χ0n) is 11.4. The summed E-state index contributed by atoms with van der Waals surface area (Å²) < 4.78 is 0. The highest BCUT2D eigenvalue weighted by Gasteiger charge is 2.15. The van der Waals surface area contributed by atoms with Crippen LogP contribution in [0.2, 0.25) is 0 Å². The van der Waals surface area contributed by atoms with Crippen molar-refractivity contribution < 1.29 is 9.90 Å². The largest absolute Gasteiger partial charge is 0.481 e. The van der Waals surface area contributed by atoms with Gasteiger partial charge in [0.15, 0.2) is 0 Å². The molecule has 4 nitrogen and oxygen atoms in total. The van der Waals surface area contributed by atoms with Gasteiger partial charge in [0.1, 0.15) is 0 Å². The third-order valence-electron chi connectivity index (χ3n) is 3.07. The number of imidazole rings is 1. The van der Waals surface area contributed by atoms with Gasteiger partial charge in [-0.2, -0.15) is 0 Å². The van der Waals surface area contributed by atoms with Gasteiger partial charge in [0, 0.05) is 5.56 Å². The molecule has 0 aliphatic carbocycles. The van der Waals surface area contributed by atoms with E-state index in [0.717, 1.165) is 5.56 Å². The summed E-state index contributed by atoms with van der Waals surface area (Å²) in [5, 5.41) is 8.86. The Morgan fingerprint density at radius 2 is 1.89 bits per heavy atom. The number of aromatic amines is 1. The molecule has 2 aromatic rings. The SMILES string of the molecule is CC(C)(C)c1ccc(-c2nc[nH]c2CC(=O)O)cc1. The first-order valence-corrected chi connectivity index (χ1v) is 6.23. The molecule has 0 radical (unpaired) electrons. The topological polar surface area (TPSA) is 66.0 Å². The lowest BCUT2D eigenvalue weighted by atomic mass is 9.86. The van der Waals surface area contributed by atoms with Gasteiger partial charge in [-0.3, -0.25) is 4.79 Å². The van der Waals surface area contributed by atoms with Crippen LogP contribution in [-0.2, 0) is 16.6 Å². The summed E-state index contributed by atoms with van der Waals surface area (Å²) in [5.74, 6) is -0.864. The molecule has 0 aliphatic rings. The van der Waals surface area contributed by atoms with Crippen LogP contribution in [0.4, 0.5) is 0 Å². The van der Waals surface area contributed by atoms with Gasteiger partial charge in [0.25, 0.3) is 0 Å². The van der Waals surface area contributed by atoms with Crippen LogP contribution >= 0.6 is 0 Å². The van der Waals surface area contributed by atoms with Crippen LogP contribution in [0.15, 0.2) is 30.6 Å². The molecule has 1 aromatic heterocycles. The number of nitrogens with one attached hydrogen (secondary N) is 1. The van der Waals surface area contributed by atoms with Gasteiger partial charge in [0.2, 0.25) is 0 Å². The van der Waals surface area contributed by atoms with Crippen molar-refractivity contribution in [3.8, 4) is 11.3 Å². The summed E-state index contributed by atoms with van der Waals surface area (Å²) in [4.78, 5) is 17.9. The summed E-state index contributed by atoms with van der Waals surface area (Å²) in [6, 6.07) is 8.10. The highest BCUT2D eigenvalue weighted by atomic mass is 16.4. The Balaban J connectivity index is 2.33. The summed E-state index contributed by atoms with van der Waals surface area (Å²) in [6.45, 7) is 6.48. The number of carboxylic acid groups (broad SMARTS) is 1. The quantitative estimate of drug-likeness (QED) is 0.889. The number of rotatable bonds is 3. The molecule has 2 N–H and O–H groups in total. The van der Waals surface area contributed by atoms with Crippen LogP contribution in [0.3, 0.4) is 0 Å². The van der Waals surface area contributed by atoms with Gasteiger partial charge in [-0.25, -0.2) is 4.98 Å². The summed E-state index contributed by atoms with van der Waals surface area (Å²) in [5.41, 5.74) is 3.63. The fourth-order valence-electron chi connectivity index (χ4n) is 1.98. The van der Waals surface area contributed by atoms with Crippen molar-refractivity contribution in [2.45, 2.75) is 32.6 Å². The molecule has 0 amide bonds.